The number of nitro groups is 1. The molecule has 2 aromatic carbocycles. The number of rotatable bonds is 4. The molecule has 3 rings (SSSR count). The van der Waals surface area contributed by atoms with Crippen LogP contribution in [0.3, 0.4) is 0 Å². The van der Waals surface area contributed by atoms with Gasteiger partial charge in [0, 0.05) is 24.6 Å². The number of para-hydroxylation sites is 2. The van der Waals surface area contributed by atoms with Crippen LogP contribution in [0.15, 0.2) is 54.6 Å². The minimum atomic E-state index is -0.523. The summed E-state index contributed by atoms with van der Waals surface area (Å²) in [4.78, 5) is 36.7. The lowest BCUT2D eigenvalue weighted by atomic mass is 10.1. The molecule has 0 bridgehead atoms. The predicted octanol–water partition coefficient (Wildman–Crippen LogP) is 2.13. The largest absolute Gasteiger partial charge is 0.354 e. The highest BCUT2D eigenvalue weighted by molar-refractivity contribution is 6.08. The fourth-order valence-corrected chi connectivity index (χ4v) is 2.79. The summed E-state index contributed by atoms with van der Waals surface area (Å²) < 4.78 is 0. The average molecular weight is 325 g/mol. The Bertz CT molecular complexity index is 791. The molecular formula is C17H15N3O4. The van der Waals surface area contributed by atoms with E-state index in [4.69, 9.17) is 0 Å². The average Bonchev–Trinajstić information content (AvgIpc) is 3.02. The van der Waals surface area contributed by atoms with Crippen LogP contribution >= 0.6 is 0 Å². The first-order valence-corrected chi connectivity index (χ1v) is 7.46. The molecule has 0 aliphatic carbocycles. The zero-order chi connectivity index (χ0) is 17.1. The van der Waals surface area contributed by atoms with Crippen LogP contribution in [0.4, 0.5) is 11.4 Å². The number of hydrogen-bond donors (Lipinski definition) is 1. The number of nitrogens with one attached hydrogen (secondary N) is 1. The third kappa shape index (κ3) is 2.96. The molecule has 2 aromatic rings. The van der Waals surface area contributed by atoms with Crippen LogP contribution in [0.5, 0.6) is 0 Å². The number of amides is 2. The predicted molar refractivity (Wildman–Crippen MR) is 87.8 cm³/mol. The highest BCUT2D eigenvalue weighted by Crippen LogP contribution is 2.32. The van der Waals surface area contributed by atoms with Gasteiger partial charge < -0.3 is 5.32 Å². The molecule has 24 heavy (non-hydrogen) atoms. The molecule has 7 nitrogen and oxygen atoms in total. The normalized spacial score (nSPS) is 16.5. The maximum absolute atomic E-state index is 13.0. The van der Waals surface area contributed by atoms with E-state index in [-0.39, 0.29) is 36.2 Å². The number of benzene rings is 2. The van der Waals surface area contributed by atoms with Gasteiger partial charge in [-0.2, -0.15) is 0 Å². The molecule has 1 aliphatic heterocycles. The minimum Gasteiger partial charge on any atom is -0.354 e. The Morgan fingerprint density at radius 1 is 1.12 bits per heavy atom. The Kier molecular flexibility index (Phi) is 4.24. The van der Waals surface area contributed by atoms with Gasteiger partial charge in [0.2, 0.25) is 5.91 Å². The standard InChI is InChI=1S/C17H15N3O4/c21-16-10-13(11-18-16)19(17(22)12-6-2-1-3-7-12)14-8-4-5-9-15(14)20(23)24/h1-9,13H,10-11H2,(H,18,21). The fraction of sp³-hybridized carbons (Fsp3) is 0.176. The lowest BCUT2D eigenvalue weighted by Crippen LogP contribution is -2.42. The van der Waals surface area contributed by atoms with E-state index in [0.717, 1.165) is 0 Å². The van der Waals surface area contributed by atoms with E-state index in [1.54, 1.807) is 42.5 Å². The number of hydrogen-bond acceptors (Lipinski definition) is 4. The van der Waals surface area contributed by atoms with Gasteiger partial charge in [0.1, 0.15) is 5.69 Å². The fourth-order valence-electron chi connectivity index (χ4n) is 2.79. The van der Waals surface area contributed by atoms with Crippen molar-refractivity contribution in [2.45, 2.75) is 12.5 Å². The molecule has 1 aliphatic rings. The highest BCUT2D eigenvalue weighted by atomic mass is 16.6. The van der Waals surface area contributed by atoms with E-state index in [0.29, 0.717) is 5.56 Å². The SMILES string of the molecule is O=C1CC(N(C(=O)c2ccccc2)c2ccccc2[N+](=O)[O-])CN1. The van der Waals surface area contributed by atoms with Crippen LogP contribution in [0, 0.1) is 10.1 Å². The summed E-state index contributed by atoms with van der Waals surface area (Å²) in [5, 5.41) is 14.0. The quantitative estimate of drug-likeness (QED) is 0.688. The van der Waals surface area contributed by atoms with Gasteiger partial charge in [0.15, 0.2) is 0 Å². The first kappa shape index (κ1) is 15.7. The number of carbonyl (C=O) groups excluding carboxylic acids is 2. The second kappa shape index (κ2) is 6.49. The van der Waals surface area contributed by atoms with Gasteiger partial charge in [-0.15, -0.1) is 0 Å². The molecule has 122 valence electrons. The summed E-state index contributed by atoms with van der Waals surface area (Å²) in [7, 11) is 0. The second-order valence-electron chi connectivity index (χ2n) is 5.45. The summed E-state index contributed by atoms with van der Waals surface area (Å²) in [6, 6.07) is 14.1. The lowest BCUT2D eigenvalue weighted by molar-refractivity contribution is -0.384. The van der Waals surface area contributed by atoms with Crippen LogP contribution in [0.25, 0.3) is 0 Å². The van der Waals surface area contributed by atoms with E-state index in [1.165, 1.54) is 17.0 Å². The molecule has 1 heterocycles. The number of anilines is 1. The van der Waals surface area contributed by atoms with E-state index in [9.17, 15) is 19.7 Å². The zero-order valence-corrected chi connectivity index (χ0v) is 12.7. The first-order chi connectivity index (χ1) is 11.6. The van der Waals surface area contributed by atoms with Crippen molar-refractivity contribution in [1.29, 1.82) is 0 Å². The Balaban J connectivity index is 2.08. The number of nitrogens with zero attached hydrogens (tertiary/aromatic N) is 2. The molecule has 0 spiro atoms. The summed E-state index contributed by atoms with van der Waals surface area (Å²) in [5.41, 5.74) is 0.439. The van der Waals surface area contributed by atoms with Gasteiger partial charge in [-0.05, 0) is 18.2 Å². The summed E-state index contributed by atoms with van der Waals surface area (Å²) in [6.07, 6.45) is 0.116. The molecule has 1 fully saturated rings. The van der Waals surface area contributed by atoms with Crippen molar-refractivity contribution in [3.63, 3.8) is 0 Å². The van der Waals surface area contributed by atoms with Gasteiger partial charge in [0.25, 0.3) is 11.6 Å². The van der Waals surface area contributed by atoms with E-state index >= 15 is 0 Å². The molecule has 0 saturated carbocycles. The molecule has 2 amide bonds. The third-order valence-corrected chi connectivity index (χ3v) is 3.90. The molecule has 1 atom stereocenters. The van der Waals surface area contributed by atoms with Crippen molar-refractivity contribution in [2.75, 3.05) is 11.4 Å². The van der Waals surface area contributed by atoms with Crippen LogP contribution < -0.4 is 10.2 Å². The monoisotopic (exact) mass is 325 g/mol. The van der Waals surface area contributed by atoms with Crippen molar-refractivity contribution in [1.82, 2.24) is 5.32 Å². The summed E-state index contributed by atoms with van der Waals surface area (Å²) in [5.74, 6) is -0.546. The van der Waals surface area contributed by atoms with Crippen molar-refractivity contribution >= 4 is 23.2 Å². The maximum atomic E-state index is 13.0. The van der Waals surface area contributed by atoms with Crippen molar-refractivity contribution in [3.8, 4) is 0 Å². The number of carbonyl (C=O) groups is 2. The summed E-state index contributed by atoms with van der Waals surface area (Å²) >= 11 is 0. The van der Waals surface area contributed by atoms with Gasteiger partial charge in [-0.3, -0.25) is 24.6 Å². The first-order valence-electron chi connectivity index (χ1n) is 7.46. The van der Waals surface area contributed by atoms with Crippen molar-refractivity contribution < 1.29 is 14.5 Å². The minimum absolute atomic E-state index is 0.116. The van der Waals surface area contributed by atoms with Crippen LogP contribution in [-0.2, 0) is 4.79 Å². The van der Waals surface area contributed by atoms with E-state index in [1.807, 2.05) is 0 Å². The molecule has 1 N–H and O–H groups in total. The van der Waals surface area contributed by atoms with Gasteiger partial charge in [0.05, 0.1) is 11.0 Å². The topological polar surface area (TPSA) is 92.5 Å². The Hall–Kier alpha value is -3.22. The Labute approximate surface area is 138 Å². The van der Waals surface area contributed by atoms with Crippen molar-refractivity contribution in [3.05, 3.63) is 70.3 Å². The molecular weight excluding hydrogens is 310 g/mol. The zero-order valence-electron chi connectivity index (χ0n) is 12.7. The molecule has 0 radical (unpaired) electrons. The third-order valence-electron chi connectivity index (χ3n) is 3.90. The second-order valence-corrected chi connectivity index (χ2v) is 5.45. The molecule has 0 aromatic heterocycles. The molecule has 1 saturated heterocycles. The maximum Gasteiger partial charge on any atom is 0.292 e. The van der Waals surface area contributed by atoms with Crippen molar-refractivity contribution in [2.24, 2.45) is 0 Å². The van der Waals surface area contributed by atoms with Crippen LogP contribution in [0.2, 0.25) is 0 Å². The van der Waals surface area contributed by atoms with E-state index in [2.05, 4.69) is 5.32 Å². The molecule has 7 heteroatoms. The van der Waals surface area contributed by atoms with Gasteiger partial charge in [-0.25, -0.2) is 0 Å². The van der Waals surface area contributed by atoms with Gasteiger partial charge >= 0.3 is 0 Å². The Morgan fingerprint density at radius 3 is 2.42 bits per heavy atom. The number of nitro benzene ring substituents is 1. The van der Waals surface area contributed by atoms with Crippen LogP contribution in [-0.4, -0.2) is 29.3 Å². The lowest BCUT2D eigenvalue weighted by Gasteiger charge is -2.27. The van der Waals surface area contributed by atoms with E-state index < -0.39 is 11.0 Å². The Morgan fingerprint density at radius 2 is 1.79 bits per heavy atom. The molecule has 1 unspecified atom stereocenters. The smallest absolute Gasteiger partial charge is 0.292 e. The summed E-state index contributed by atoms with van der Waals surface area (Å²) in [6.45, 7) is 0.267. The van der Waals surface area contributed by atoms with Crippen LogP contribution in [0.1, 0.15) is 16.8 Å². The van der Waals surface area contributed by atoms with Gasteiger partial charge in [-0.1, -0.05) is 30.3 Å². The highest BCUT2D eigenvalue weighted by Gasteiger charge is 2.35.